The third-order valence-electron chi connectivity index (χ3n) is 3.74. The normalized spacial score (nSPS) is 17.3. The van der Waals surface area contributed by atoms with Crippen molar-refractivity contribution in [2.75, 3.05) is 13.2 Å². The molecule has 1 rings (SSSR count). The number of hydrogen-bond acceptors (Lipinski definition) is 5. The molecule has 6 nitrogen and oxygen atoms in total. The molecule has 0 aliphatic carbocycles. The minimum atomic E-state index is -0.584. The molecule has 0 unspecified atom stereocenters. The summed E-state index contributed by atoms with van der Waals surface area (Å²) in [6, 6.07) is -0.584. The number of ketones is 1. The zero-order chi connectivity index (χ0) is 16.2. The van der Waals surface area contributed by atoms with Crippen LogP contribution >= 0.6 is 0 Å². The van der Waals surface area contributed by atoms with E-state index in [1.165, 1.54) is 0 Å². The van der Waals surface area contributed by atoms with Crippen molar-refractivity contribution in [1.82, 2.24) is 5.32 Å². The molecular weight excluding hydrogens is 286 g/mol. The Morgan fingerprint density at radius 1 is 1.09 bits per heavy atom. The van der Waals surface area contributed by atoms with Gasteiger partial charge in [-0.25, -0.2) is 4.79 Å². The smallest absolute Gasteiger partial charge is 0.328 e. The van der Waals surface area contributed by atoms with Crippen LogP contribution in [0.3, 0.4) is 0 Å². The SMILES string of the molecule is O=C(CCCCCCCCCO)CC(=O)N[C@H]1CCOC1=O. The second-order valence-corrected chi connectivity index (χ2v) is 5.74. The van der Waals surface area contributed by atoms with E-state index in [2.05, 4.69) is 5.32 Å². The van der Waals surface area contributed by atoms with Crippen molar-refractivity contribution < 1.29 is 24.2 Å². The highest BCUT2D eigenvalue weighted by Gasteiger charge is 2.28. The number of aliphatic hydroxyl groups is 1. The van der Waals surface area contributed by atoms with Gasteiger partial charge in [0, 0.05) is 19.4 Å². The van der Waals surface area contributed by atoms with E-state index in [0.717, 1.165) is 44.9 Å². The summed E-state index contributed by atoms with van der Waals surface area (Å²) >= 11 is 0. The van der Waals surface area contributed by atoms with Gasteiger partial charge in [0.2, 0.25) is 5.91 Å². The van der Waals surface area contributed by atoms with E-state index in [-0.39, 0.29) is 18.8 Å². The molecule has 0 aromatic carbocycles. The minimum Gasteiger partial charge on any atom is -0.464 e. The van der Waals surface area contributed by atoms with Crippen LogP contribution in [0.15, 0.2) is 0 Å². The van der Waals surface area contributed by atoms with Crippen molar-refractivity contribution in [1.29, 1.82) is 0 Å². The van der Waals surface area contributed by atoms with E-state index in [4.69, 9.17) is 9.84 Å². The Hall–Kier alpha value is -1.43. The number of rotatable bonds is 12. The molecular formula is C16H27NO5. The number of Topliss-reactive ketones (excluding diaryl/α,β-unsaturated/α-hetero) is 1. The molecule has 0 aromatic rings. The largest absolute Gasteiger partial charge is 0.464 e. The van der Waals surface area contributed by atoms with Crippen LogP contribution in [0.25, 0.3) is 0 Å². The second-order valence-electron chi connectivity index (χ2n) is 5.74. The van der Waals surface area contributed by atoms with E-state index in [0.29, 0.717) is 19.4 Å². The first-order chi connectivity index (χ1) is 10.6. The lowest BCUT2D eigenvalue weighted by Gasteiger charge is -2.08. The molecule has 6 heteroatoms. The van der Waals surface area contributed by atoms with Gasteiger partial charge in [-0.2, -0.15) is 0 Å². The van der Waals surface area contributed by atoms with Crippen molar-refractivity contribution in [2.24, 2.45) is 0 Å². The number of ether oxygens (including phenoxy) is 1. The molecule has 0 aromatic heterocycles. The van der Waals surface area contributed by atoms with Crippen LogP contribution in [0.5, 0.6) is 0 Å². The van der Waals surface area contributed by atoms with Crippen LogP contribution in [-0.2, 0) is 19.1 Å². The molecule has 1 saturated heterocycles. The molecule has 1 atom stereocenters. The van der Waals surface area contributed by atoms with Crippen LogP contribution in [0.4, 0.5) is 0 Å². The molecule has 22 heavy (non-hydrogen) atoms. The molecule has 1 aliphatic heterocycles. The number of amides is 1. The standard InChI is InChI=1S/C16H27NO5/c18-10-7-5-3-1-2-4-6-8-13(19)12-15(20)17-14-9-11-22-16(14)21/h14,18H,1-12H2,(H,17,20)/t14-/m0/s1. The minimum absolute atomic E-state index is 0.0795. The van der Waals surface area contributed by atoms with Gasteiger partial charge in [-0.3, -0.25) is 9.59 Å². The third kappa shape index (κ3) is 8.12. The summed E-state index contributed by atoms with van der Waals surface area (Å²) in [6.45, 7) is 0.588. The van der Waals surface area contributed by atoms with Crippen molar-refractivity contribution in [3.05, 3.63) is 0 Å². The fourth-order valence-corrected chi connectivity index (χ4v) is 2.46. The highest BCUT2D eigenvalue weighted by Crippen LogP contribution is 2.10. The summed E-state index contributed by atoms with van der Waals surface area (Å²) in [6.07, 6.45) is 7.78. The number of unbranched alkanes of at least 4 members (excludes halogenated alkanes) is 6. The lowest BCUT2D eigenvalue weighted by Crippen LogP contribution is -2.38. The van der Waals surface area contributed by atoms with Gasteiger partial charge in [-0.1, -0.05) is 32.1 Å². The molecule has 2 N–H and O–H groups in total. The predicted molar refractivity (Wildman–Crippen MR) is 81.2 cm³/mol. The maximum absolute atomic E-state index is 11.7. The summed E-state index contributed by atoms with van der Waals surface area (Å²) in [5, 5.41) is 11.2. The zero-order valence-corrected chi connectivity index (χ0v) is 13.1. The number of nitrogens with one attached hydrogen (secondary N) is 1. The van der Waals surface area contributed by atoms with Crippen molar-refractivity contribution in [2.45, 2.75) is 70.3 Å². The van der Waals surface area contributed by atoms with Crippen LogP contribution < -0.4 is 5.32 Å². The fourth-order valence-electron chi connectivity index (χ4n) is 2.46. The number of hydrogen-bond donors (Lipinski definition) is 2. The van der Waals surface area contributed by atoms with Gasteiger partial charge in [-0.05, 0) is 12.8 Å². The van der Waals surface area contributed by atoms with E-state index >= 15 is 0 Å². The first-order valence-electron chi connectivity index (χ1n) is 8.22. The van der Waals surface area contributed by atoms with Gasteiger partial charge in [0.05, 0.1) is 13.0 Å². The summed E-state index contributed by atoms with van der Waals surface area (Å²) < 4.78 is 4.75. The van der Waals surface area contributed by atoms with Crippen LogP contribution in [-0.4, -0.2) is 42.0 Å². The number of cyclic esters (lactones) is 1. The van der Waals surface area contributed by atoms with Crippen LogP contribution in [0, 0.1) is 0 Å². The molecule has 0 saturated carbocycles. The Balaban J connectivity index is 1.98. The lowest BCUT2D eigenvalue weighted by molar-refractivity contribution is -0.142. The summed E-state index contributed by atoms with van der Waals surface area (Å²) in [4.78, 5) is 34.5. The maximum Gasteiger partial charge on any atom is 0.328 e. The van der Waals surface area contributed by atoms with Crippen LogP contribution in [0.2, 0.25) is 0 Å². The highest BCUT2D eigenvalue weighted by atomic mass is 16.5. The van der Waals surface area contributed by atoms with Crippen molar-refractivity contribution >= 4 is 17.7 Å². The van der Waals surface area contributed by atoms with E-state index < -0.39 is 17.9 Å². The highest BCUT2D eigenvalue weighted by molar-refractivity contribution is 5.99. The van der Waals surface area contributed by atoms with Gasteiger partial charge < -0.3 is 15.2 Å². The topological polar surface area (TPSA) is 92.7 Å². The first kappa shape index (κ1) is 18.6. The Labute approximate surface area is 131 Å². The van der Waals surface area contributed by atoms with Gasteiger partial charge >= 0.3 is 5.97 Å². The Morgan fingerprint density at radius 3 is 2.32 bits per heavy atom. The molecule has 1 fully saturated rings. The average molecular weight is 313 g/mol. The summed E-state index contributed by atoms with van der Waals surface area (Å²) in [5.74, 6) is -0.885. The van der Waals surface area contributed by atoms with Gasteiger partial charge in [0.15, 0.2) is 0 Å². The molecule has 0 bridgehead atoms. The Kier molecular flexibility index (Phi) is 9.46. The van der Waals surface area contributed by atoms with Crippen molar-refractivity contribution in [3.63, 3.8) is 0 Å². The predicted octanol–water partition coefficient (Wildman–Crippen LogP) is 1.49. The van der Waals surface area contributed by atoms with E-state index in [1.54, 1.807) is 0 Å². The average Bonchev–Trinajstić information content (AvgIpc) is 2.87. The fraction of sp³-hybridized carbons (Fsp3) is 0.812. The first-order valence-corrected chi connectivity index (χ1v) is 8.22. The maximum atomic E-state index is 11.7. The summed E-state index contributed by atoms with van der Waals surface area (Å²) in [7, 11) is 0. The van der Waals surface area contributed by atoms with Gasteiger partial charge in [-0.15, -0.1) is 0 Å². The molecule has 1 aliphatic rings. The zero-order valence-electron chi connectivity index (χ0n) is 13.1. The van der Waals surface area contributed by atoms with Crippen molar-refractivity contribution in [3.8, 4) is 0 Å². The Morgan fingerprint density at radius 2 is 1.73 bits per heavy atom. The molecule has 1 heterocycles. The second kappa shape index (κ2) is 11.2. The van der Waals surface area contributed by atoms with E-state index in [9.17, 15) is 14.4 Å². The van der Waals surface area contributed by atoms with E-state index in [1.807, 2.05) is 0 Å². The number of carbonyl (C=O) groups excluding carboxylic acids is 3. The van der Waals surface area contributed by atoms with Gasteiger partial charge in [0.25, 0.3) is 0 Å². The Bertz CT molecular complexity index is 370. The number of esters is 1. The molecule has 1 amide bonds. The summed E-state index contributed by atoms with van der Waals surface area (Å²) in [5.41, 5.74) is 0. The molecule has 126 valence electrons. The lowest BCUT2D eigenvalue weighted by atomic mass is 10.1. The van der Waals surface area contributed by atoms with Gasteiger partial charge in [0.1, 0.15) is 11.8 Å². The number of aliphatic hydroxyl groups excluding tert-OH is 1. The third-order valence-corrected chi connectivity index (χ3v) is 3.74. The quantitative estimate of drug-likeness (QED) is 0.323. The molecule has 0 spiro atoms. The number of carbonyl (C=O) groups is 3. The monoisotopic (exact) mass is 313 g/mol. The molecule has 0 radical (unpaired) electrons. The van der Waals surface area contributed by atoms with Crippen LogP contribution in [0.1, 0.15) is 64.2 Å².